The smallest absolute Gasteiger partial charge is 0.321 e. The van der Waals surface area contributed by atoms with E-state index in [0.29, 0.717) is 25.9 Å². The van der Waals surface area contributed by atoms with Gasteiger partial charge in [-0.15, -0.1) is 0 Å². The zero-order valence-corrected chi connectivity index (χ0v) is 11.8. The lowest BCUT2D eigenvalue weighted by Crippen LogP contribution is -2.41. The van der Waals surface area contributed by atoms with Crippen LogP contribution < -0.4 is 5.32 Å². The Morgan fingerprint density at radius 1 is 1.33 bits per heavy atom. The number of urea groups is 1. The Balaban J connectivity index is 1.98. The number of Topliss-reactive ketones (excluding diaryl/α,β-unsaturated/α-hetero) is 1. The fourth-order valence-corrected chi connectivity index (χ4v) is 2.21. The summed E-state index contributed by atoms with van der Waals surface area (Å²) in [5.74, 6) is 0.233. The average Bonchev–Trinajstić information content (AvgIpc) is 2.34. The third-order valence-electron chi connectivity index (χ3n) is 3.03. The minimum atomic E-state index is -0.141. The highest BCUT2D eigenvalue weighted by molar-refractivity contribution is 9.10. The Kier molecular flexibility index (Phi) is 4.01. The summed E-state index contributed by atoms with van der Waals surface area (Å²) in [6.45, 7) is 3.02. The number of carbonyl (C=O) groups is 2. The van der Waals surface area contributed by atoms with Gasteiger partial charge in [0.05, 0.1) is 0 Å². The summed E-state index contributed by atoms with van der Waals surface area (Å²) < 4.78 is 0.967. The summed E-state index contributed by atoms with van der Waals surface area (Å²) in [7, 11) is 0. The van der Waals surface area contributed by atoms with Gasteiger partial charge in [0.1, 0.15) is 5.78 Å². The fourth-order valence-electron chi connectivity index (χ4n) is 1.83. The SMILES string of the molecule is Cc1ccc(NC(=O)N2CCC(=O)CC2)cc1Br. The van der Waals surface area contributed by atoms with E-state index < -0.39 is 0 Å². The largest absolute Gasteiger partial charge is 0.324 e. The quantitative estimate of drug-likeness (QED) is 0.867. The second-order valence-corrected chi connectivity index (χ2v) is 5.27. The Hall–Kier alpha value is -1.36. The predicted molar refractivity (Wildman–Crippen MR) is 73.7 cm³/mol. The number of ketones is 1. The summed E-state index contributed by atoms with van der Waals surface area (Å²) in [5.41, 5.74) is 1.88. The van der Waals surface area contributed by atoms with Crippen molar-refractivity contribution in [1.82, 2.24) is 4.90 Å². The molecule has 0 unspecified atom stereocenters. The normalized spacial score (nSPS) is 15.7. The van der Waals surface area contributed by atoms with Gasteiger partial charge in [-0.05, 0) is 24.6 Å². The van der Waals surface area contributed by atoms with E-state index in [1.807, 2.05) is 25.1 Å². The van der Waals surface area contributed by atoms with Crippen LogP contribution >= 0.6 is 15.9 Å². The van der Waals surface area contributed by atoms with E-state index in [1.165, 1.54) is 0 Å². The molecule has 2 rings (SSSR count). The number of hydrogen-bond donors (Lipinski definition) is 1. The minimum absolute atomic E-state index is 0.141. The third kappa shape index (κ3) is 3.10. The van der Waals surface area contributed by atoms with E-state index in [-0.39, 0.29) is 11.8 Å². The minimum Gasteiger partial charge on any atom is -0.324 e. The van der Waals surface area contributed by atoms with Crippen molar-refractivity contribution in [2.24, 2.45) is 0 Å². The number of piperidine rings is 1. The first kappa shape index (κ1) is 13.1. The number of rotatable bonds is 1. The average molecular weight is 311 g/mol. The van der Waals surface area contributed by atoms with Gasteiger partial charge >= 0.3 is 6.03 Å². The Morgan fingerprint density at radius 2 is 2.00 bits per heavy atom. The second-order valence-electron chi connectivity index (χ2n) is 4.42. The fraction of sp³-hybridized carbons (Fsp3) is 0.385. The maximum atomic E-state index is 12.0. The van der Waals surface area contributed by atoms with Crippen molar-refractivity contribution in [2.75, 3.05) is 18.4 Å². The number of carbonyl (C=O) groups excluding carboxylic acids is 2. The van der Waals surface area contributed by atoms with Crippen molar-refractivity contribution in [1.29, 1.82) is 0 Å². The highest BCUT2D eigenvalue weighted by Crippen LogP contribution is 2.21. The van der Waals surface area contributed by atoms with Gasteiger partial charge in [-0.1, -0.05) is 22.0 Å². The third-order valence-corrected chi connectivity index (χ3v) is 3.89. The molecule has 1 heterocycles. The number of likely N-dealkylation sites (tertiary alicyclic amines) is 1. The molecule has 96 valence electrons. The first-order valence-corrected chi connectivity index (χ1v) is 6.69. The molecule has 1 aliphatic rings. The lowest BCUT2D eigenvalue weighted by atomic mass is 10.1. The van der Waals surface area contributed by atoms with Gasteiger partial charge in [-0.25, -0.2) is 4.79 Å². The molecule has 1 fully saturated rings. The molecule has 0 atom stereocenters. The molecule has 0 radical (unpaired) electrons. The van der Waals surface area contributed by atoms with Crippen LogP contribution in [0.3, 0.4) is 0 Å². The second kappa shape index (κ2) is 5.52. The molecular formula is C13H15BrN2O2. The molecule has 0 bridgehead atoms. The predicted octanol–water partition coefficient (Wildman–Crippen LogP) is 2.95. The molecule has 1 aromatic carbocycles. The van der Waals surface area contributed by atoms with E-state index in [9.17, 15) is 9.59 Å². The summed E-state index contributed by atoms with van der Waals surface area (Å²) in [5, 5.41) is 2.84. The van der Waals surface area contributed by atoms with E-state index in [2.05, 4.69) is 21.2 Å². The van der Waals surface area contributed by atoms with Crippen LogP contribution in [0.5, 0.6) is 0 Å². The molecule has 4 nitrogen and oxygen atoms in total. The molecule has 5 heteroatoms. The molecule has 2 amide bonds. The van der Waals surface area contributed by atoms with Crippen molar-refractivity contribution in [3.8, 4) is 0 Å². The molecule has 1 saturated heterocycles. The highest BCUT2D eigenvalue weighted by atomic mass is 79.9. The molecule has 1 N–H and O–H groups in total. The van der Waals surface area contributed by atoms with Crippen LogP contribution in [0.4, 0.5) is 10.5 Å². The molecule has 1 aliphatic heterocycles. The van der Waals surface area contributed by atoms with Crippen LogP contribution in [0.25, 0.3) is 0 Å². The van der Waals surface area contributed by atoms with Gasteiger partial charge in [0.15, 0.2) is 0 Å². The van der Waals surface area contributed by atoms with E-state index in [4.69, 9.17) is 0 Å². The van der Waals surface area contributed by atoms with Crippen molar-refractivity contribution < 1.29 is 9.59 Å². The topological polar surface area (TPSA) is 49.4 Å². The number of aryl methyl sites for hydroxylation is 1. The Morgan fingerprint density at radius 3 is 2.61 bits per heavy atom. The van der Waals surface area contributed by atoms with E-state index >= 15 is 0 Å². The lowest BCUT2D eigenvalue weighted by molar-refractivity contribution is -0.120. The van der Waals surface area contributed by atoms with E-state index in [1.54, 1.807) is 4.90 Å². The Bertz CT molecular complexity index is 478. The molecule has 1 aromatic rings. The first-order valence-electron chi connectivity index (χ1n) is 5.90. The number of nitrogens with zero attached hydrogens (tertiary/aromatic N) is 1. The lowest BCUT2D eigenvalue weighted by Gasteiger charge is -2.26. The molecule has 18 heavy (non-hydrogen) atoms. The standard InChI is InChI=1S/C13H15BrN2O2/c1-9-2-3-10(8-12(9)14)15-13(18)16-6-4-11(17)5-7-16/h2-3,8H,4-7H2,1H3,(H,15,18). The van der Waals surface area contributed by atoms with Gasteiger partial charge in [-0.2, -0.15) is 0 Å². The van der Waals surface area contributed by atoms with Crippen LogP contribution in [0.2, 0.25) is 0 Å². The van der Waals surface area contributed by atoms with Crippen molar-refractivity contribution in [3.63, 3.8) is 0 Å². The number of amides is 2. The number of benzene rings is 1. The van der Waals surface area contributed by atoms with Crippen molar-refractivity contribution in [2.45, 2.75) is 19.8 Å². The molecule has 0 spiro atoms. The molecule has 0 saturated carbocycles. The van der Waals surface area contributed by atoms with Gasteiger partial charge < -0.3 is 10.2 Å². The summed E-state index contributed by atoms with van der Waals surface area (Å²) in [4.78, 5) is 24.7. The van der Waals surface area contributed by atoms with Crippen LogP contribution in [-0.4, -0.2) is 29.8 Å². The maximum absolute atomic E-state index is 12.0. The first-order chi connectivity index (χ1) is 8.56. The van der Waals surface area contributed by atoms with Crippen LogP contribution in [-0.2, 0) is 4.79 Å². The van der Waals surface area contributed by atoms with Crippen LogP contribution in [0, 0.1) is 6.92 Å². The number of halogens is 1. The summed E-state index contributed by atoms with van der Waals surface area (Å²) >= 11 is 3.43. The molecule has 0 aromatic heterocycles. The molecule has 0 aliphatic carbocycles. The summed E-state index contributed by atoms with van der Waals surface area (Å²) in [6, 6.07) is 5.55. The van der Waals surface area contributed by atoms with Gasteiger partial charge in [-0.3, -0.25) is 4.79 Å². The van der Waals surface area contributed by atoms with Crippen molar-refractivity contribution in [3.05, 3.63) is 28.2 Å². The van der Waals surface area contributed by atoms with Gasteiger partial charge in [0.25, 0.3) is 0 Å². The zero-order valence-electron chi connectivity index (χ0n) is 10.2. The van der Waals surface area contributed by atoms with Crippen molar-refractivity contribution >= 4 is 33.4 Å². The summed E-state index contributed by atoms with van der Waals surface area (Å²) in [6.07, 6.45) is 0.927. The van der Waals surface area contributed by atoms with Gasteiger partial charge in [0.2, 0.25) is 0 Å². The number of nitrogens with one attached hydrogen (secondary N) is 1. The molecular weight excluding hydrogens is 296 g/mol. The van der Waals surface area contributed by atoms with Gasteiger partial charge in [0, 0.05) is 36.1 Å². The van der Waals surface area contributed by atoms with Crippen LogP contribution in [0.1, 0.15) is 18.4 Å². The van der Waals surface area contributed by atoms with E-state index in [0.717, 1.165) is 15.7 Å². The maximum Gasteiger partial charge on any atom is 0.321 e. The monoisotopic (exact) mass is 310 g/mol. The highest BCUT2D eigenvalue weighted by Gasteiger charge is 2.20. The van der Waals surface area contributed by atoms with Crippen LogP contribution in [0.15, 0.2) is 22.7 Å². The number of hydrogen-bond acceptors (Lipinski definition) is 2. The Labute approximate surface area is 114 Å². The zero-order chi connectivity index (χ0) is 13.1. The number of anilines is 1.